The summed E-state index contributed by atoms with van der Waals surface area (Å²) < 4.78 is 39.3. The number of carboxylic acids is 1. The third-order valence-electron chi connectivity index (χ3n) is 4.34. The lowest BCUT2D eigenvalue weighted by atomic mass is 9.86. The predicted octanol–water partition coefficient (Wildman–Crippen LogP) is 1.77. The Hall–Kier alpha value is -2.06. The minimum absolute atomic E-state index is 0.0327. The summed E-state index contributed by atoms with van der Waals surface area (Å²) in [7, 11) is 0. The summed E-state index contributed by atoms with van der Waals surface area (Å²) in [4.78, 5) is 24.2. The SMILES string of the molecule is O=C(c1cc(C2CC2)[nH]n1)N1CCC(C(=O)O)(C(F)(F)F)C1. The zero-order valence-corrected chi connectivity index (χ0v) is 11.5. The van der Waals surface area contributed by atoms with Gasteiger partial charge in [-0.2, -0.15) is 18.3 Å². The number of likely N-dealkylation sites (tertiary alicyclic amines) is 1. The third-order valence-corrected chi connectivity index (χ3v) is 4.34. The average Bonchev–Trinajstić information content (AvgIpc) is 3.00. The summed E-state index contributed by atoms with van der Waals surface area (Å²) >= 11 is 0. The minimum atomic E-state index is -4.90. The van der Waals surface area contributed by atoms with E-state index in [0.29, 0.717) is 5.92 Å². The molecular weight excluding hydrogens is 303 g/mol. The third kappa shape index (κ3) is 2.24. The van der Waals surface area contributed by atoms with Gasteiger partial charge in [-0.05, 0) is 25.3 Å². The van der Waals surface area contributed by atoms with Gasteiger partial charge in [0.05, 0.1) is 0 Å². The molecule has 1 atom stereocenters. The van der Waals surface area contributed by atoms with Gasteiger partial charge in [-0.25, -0.2) is 0 Å². The summed E-state index contributed by atoms with van der Waals surface area (Å²) in [5.74, 6) is -2.28. The maximum atomic E-state index is 13.1. The second-order valence-corrected chi connectivity index (χ2v) is 5.84. The number of amides is 1. The Kier molecular flexibility index (Phi) is 3.19. The molecular formula is C13H14F3N3O3. The molecule has 0 bridgehead atoms. The lowest BCUT2D eigenvalue weighted by molar-refractivity contribution is -0.227. The van der Waals surface area contributed by atoms with Crippen LogP contribution in [-0.2, 0) is 4.79 Å². The molecule has 22 heavy (non-hydrogen) atoms. The van der Waals surface area contributed by atoms with E-state index in [0.717, 1.165) is 23.4 Å². The number of carbonyl (C=O) groups excluding carboxylic acids is 1. The maximum Gasteiger partial charge on any atom is 0.406 e. The maximum absolute atomic E-state index is 13.1. The highest BCUT2D eigenvalue weighted by Crippen LogP contribution is 2.46. The van der Waals surface area contributed by atoms with Gasteiger partial charge >= 0.3 is 12.1 Å². The molecule has 0 aromatic carbocycles. The lowest BCUT2D eigenvalue weighted by Gasteiger charge is -2.27. The number of halogens is 3. The van der Waals surface area contributed by atoms with Gasteiger partial charge in [0, 0.05) is 24.7 Å². The fourth-order valence-corrected chi connectivity index (χ4v) is 2.72. The lowest BCUT2D eigenvalue weighted by Crippen LogP contribution is -2.47. The largest absolute Gasteiger partial charge is 0.481 e. The molecule has 1 amide bonds. The highest BCUT2D eigenvalue weighted by Gasteiger charge is 2.64. The number of hydrogen-bond acceptors (Lipinski definition) is 3. The van der Waals surface area contributed by atoms with Gasteiger partial charge in [0.15, 0.2) is 5.41 Å². The number of nitrogens with one attached hydrogen (secondary N) is 1. The van der Waals surface area contributed by atoms with E-state index in [4.69, 9.17) is 5.11 Å². The molecule has 120 valence electrons. The van der Waals surface area contributed by atoms with Crippen molar-refractivity contribution in [3.05, 3.63) is 17.5 Å². The van der Waals surface area contributed by atoms with Crippen molar-refractivity contribution in [1.29, 1.82) is 0 Å². The molecule has 1 unspecified atom stereocenters. The number of carboxylic acid groups (broad SMARTS) is 1. The number of alkyl halides is 3. The summed E-state index contributed by atoms with van der Waals surface area (Å²) in [5, 5.41) is 15.5. The van der Waals surface area contributed by atoms with E-state index in [-0.39, 0.29) is 12.2 Å². The molecule has 1 aliphatic heterocycles. The van der Waals surface area contributed by atoms with E-state index < -0.39 is 36.4 Å². The molecule has 2 aliphatic rings. The Morgan fingerprint density at radius 3 is 2.59 bits per heavy atom. The number of aromatic nitrogens is 2. The summed E-state index contributed by atoms with van der Waals surface area (Å²) in [6.45, 7) is -1.13. The Morgan fingerprint density at radius 1 is 1.41 bits per heavy atom. The Bertz CT molecular complexity index is 624. The first-order valence-electron chi connectivity index (χ1n) is 6.89. The van der Waals surface area contributed by atoms with Crippen molar-refractivity contribution >= 4 is 11.9 Å². The first-order valence-corrected chi connectivity index (χ1v) is 6.89. The normalized spacial score (nSPS) is 25.5. The molecule has 9 heteroatoms. The van der Waals surface area contributed by atoms with E-state index >= 15 is 0 Å². The predicted molar refractivity (Wildman–Crippen MR) is 67.2 cm³/mol. The number of hydrogen-bond donors (Lipinski definition) is 2. The molecule has 2 N–H and O–H groups in total. The van der Waals surface area contributed by atoms with Crippen molar-refractivity contribution in [2.24, 2.45) is 5.41 Å². The van der Waals surface area contributed by atoms with Gasteiger partial charge in [-0.3, -0.25) is 14.7 Å². The summed E-state index contributed by atoms with van der Waals surface area (Å²) in [6, 6.07) is 1.54. The highest BCUT2D eigenvalue weighted by molar-refractivity contribution is 5.93. The van der Waals surface area contributed by atoms with E-state index in [1.165, 1.54) is 6.07 Å². The zero-order chi connectivity index (χ0) is 16.1. The van der Waals surface area contributed by atoms with Crippen LogP contribution in [-0.4, -0.2) is 51.3 Å². The fourth-order valence-electron chi connectivity index (χ4n) is 2.72. The van der Waals surface area contributed by atoms with E-state index in [2.05, 4.69) is 10.2 Å². The average molecular weight is 317 g/mol. The fraction of sp³-hybridized carbons (Fsp3) is 0.615. The van der Waals surface area contributed by atoms with Gasteiger partial charge in [-0.1, -0.05) is 0 Å². The number of H-pyrrole nitrogens is 1. The van der Waals surface area contributed by atoms with Crippen molar-refractivity contribution in [3.63, 3.8) is 0 Å². The first kappa shape index (κ1) is 14.9. The Morgan fingerprint density at radius 2 is 2.09 bits per heavy atom. The van der Waals surface area contributed by atoms with Crippen molar-refractivity contribution in [1.82, 2.24) is 15.1 Å². The van der Waals surface area contributed by atoms with Gasteiger partial charge in [-0.15, -0.1) is 0 Å². The van der Waals surface area contributed by atoms with Gasteiger partial charge < -0.3 is 10.0 Å². The minimum Gasteiger partial charge on any atom is -0.481 e. The zero-order valence-electron chi connectivity index (χ0n) is 11.5. The van der Waals surface area contributed by atoms with Gasteiger partial charge in [0.25, 0.3) is 5.91 Å². The van der Waals surface area contributed by atoms with Crippen LogP contribution >= 0.6 is 0 Å². The van der Waals surface area contributed by atoms with E-state index in [9.17, 15) is 22.8 Å². The first-order chi connectivity index (χ1) is 10.2. The quantitative estimate of drug-likeness (QED) is 0.889. The molecule has 0 radical (unpaired) electrons. The second-order valence-electron chi connectivity index (χ2n) is 5.84. The molecule has 2 heterocycles. The number of aliphatic carboxylic acids is 1. The van der Waals surface area contributed by atoms with Crippen LogP contribution in [0.1, 0.15) is 41.4 Å². The number of carbonyl (C=O) groups is 2. The van der Waals surface area contributed by atoms with Crippen molar-refractivity contribution in [2.75, 3.05) is 13.1 Å². The topological polar surface area (TPSA) is 86.3 Å². The molecule has 0 spiro atoms. The van der Waals surface area contributed by atoms with Crippen molar-refractivity contribution in [3.8, 4) is 0 Å². The molecule has 6 nitrogen and oxygen atoms in total. The van der Waals surface area contributed by atoms with Crippen LogP contribution in [0, 0.1) is 5.41 Å². The van der Waals surface area contributed by atoms with Crippen LogP contribution in [0.15, 0.2) is 6.07 Å². The van der Waals surface area contributed by atoms with Crippen LogP contribution in [0.4, 0.5) is 13.2 Å². The Labute approximate surface area is 123 Å². The van der Waals surface area contributed by atoms with Gasteiger partial charge in [0.1, 0.15) is 5.69 Å². The second kappa shape index (κ2) is 4.72. The van der Waals surface area contributed by atoms with Crippen LogP contribution in [0.3, 0.4) is 0 Å². The highest BCUT2D eigenvalue weighted by atomic mass is 19.4. The number of aromatic amines is 1. The molecule has 1 saturated heterocycles. The van der Waals surface area contributed by atoms with Gasteiger partial charge in [0.2, 0.25) is 0 Å². The smallest absolute Gasteiger partial charge is 0.406 e. The molecule has 1 aromatic rings. The van der Waals surface area contributed by atoms with E-state index in [1.54, 1.807) is 0 Å². The molecule has 3 rings (SSSR count). The standard InChI is InChI=1S/C13H14F3N3O3/c14-13(15,16)12(11(21)22)3-4-19(6-12)10(20)9-5-8(17-18-9)7-1-2-7/h5,7H,1-4,6H2,(H,17,18)(H,21,22). The Balaban J connectivity index is 1.78. The monoisotopic (exact) mass is 317 g/mol. The van der Waals surface area contributed by atoms with Crippen LogP contribution in [0.25, 0.3) is 0 Å². The summed E-state index contributed by atoms with van der Waals surface area (Å²) in [5.41, 5.74) is -2.06. The molecule has 2 fully saturated rings. The number of rotatable bonds is 3. The van der Waals surface area contributed by atoms with Crippen molar-refractivity contribution in [2.45, 2.75) is 31.4 Å². The molecule has 1 aliphatic carbocycles. The van der Waals surface area contributed by atoms with Crippen LogP contribution in [0.2, 0.25) is 0 Å². The number of nitrogens with zero attached hydrogens (tertiary/aromatic N) is 2. The summed E-state index contributed by atoms with van der Waals surface area (Å²) in [6.07, 6.45) is -3.55. The molecule has 1 saturated carbocycles. The van der Waals surface area contributed by atoms with Crippen LogP contribution < -0.4 is 0 Å². The molecule has 1 aromatic heterocycles. The van der Waals surface area contributed by atoms with Crippen molar-refractivity contribution < 1.29 is 27.9 Å². The van der Waals surface area contributed by atoms with E-state index in [1.807, 2.05) is 0 Å². The van der Waals surface area contributed by atoms with Crippen LogP contribution in [0.5, 0.6) is 0 Å².